The van der Waals surface area contributed by atoms with Crippen molar-refractivity contribution in [2.75, 3.05) is 0 Å². The number of rotatable bonds is 3. The maximum atomic E-state index is 9.20. The Balaban J connectivity index is 2.28. The fraction of sp³-hybridized carbons (Fsp3) is 0.235. The van der Waals surface area contributed by atoms with Crippen LogP contribution in [0.25, 0.3) is 11.1 Å². The Morgan fingerprint density at radius 3 is 1.79 bits per heavy atom. The molecule has 2 aromatic carbocycles. The molecular weight excluding hydrogens is 254 g/mol. The molecule has 19 heavy (non-hydrogen) atoms. The summed E-state index contributed by atoms with van der Waals surface area (Å²) in [6, 6.07) is 18.3. The van der Waals surface area contributed by atoms with Crippen LogP contribution in [0.2, 0.25) is 5.02 Å². The minimum Gasteiger partial charge on any atom is -0.198 e. The van der Waals surface area contributed by atoms with Crippen molar-refractivity contribution in [1.29, 1.82) is 5.26 Å². The van der Waals surface area contributed by atoms with Crippen LogP contribution in [-0.2, 0) is 0 Å². The minimum atomic E-state index is -0.0423. The van der Waals surface area contributed by atoms with Crippen LogP contribution < -0.4 is 0 Å². The summed E-state index contributed by atoms with van der Waals surface area (Å²) >= 11 is 5.88. The first-order valence-corrected chi connectivity index (χ1v) is 6.75. The van der Waals surface area contributed by atoms with E-state index in [1.54, 1.807) is 0 Å². The number of hydrogen-bond acceptors (Lipinski definition) is 1. The summed E-state index contributed by atoms with van der Waals surface area (Å²) in [6.07, 6.45) is 0. The average molecular weight is 270 g/mol. The molecule has 1 unspecified atom stereocenters. The molecule has 0 aliphatic rings. The van der Waals surface area contributed by atoms with Gasteiger partial charge in [-0.25, -0.2) is 0 Å². The summed E-state index contributed by atoms with van der Waals surface area (Å²) in [5.41, 5.74) is 3.35. The maximum Gasteiger partial charge on any atom is 0.0735 e. The first-order chi connectivity index (χ1) is 9.11. The molecule has 0 saturated heterocycles. The van der Waals surface area contributed by atoms with Gasteiger partial charge in [0.15, 0.2) is 0 Å². The van der Waals surface area contributed by atoms with Crippen molar-refractivity contribution in [3.63, 3.8) is 0 Å². The SMILES string of the molecule is CC(C)C(C#N)c1ccc(-c2ccc(Cl)cc2)cc1. The van der Waals surface area contributed by atoms with E-state index in [4.69, 9.17) is 11.6 Å². The first kappa shape index (κ1) is 13.6. The van der Waals surface area contributed by atoms with Crippen molar-refractivity contribution in [3.05, 3.63) is 59.1 Å². The lowest BCUT2D eigenvalue weighted by Gasteiger charge is -2.13. The molecule has 0 amide bonds. The molecule has 0 aliphatic carbocycles. The summed E-state index contributed by atoms with van der Waals surface area (Å²) < 4.78 is 0. The van der Waals surface area contributed by atoms with Crippen LogP contribution in [0.15, 0.2) is 48.5 Å². The third-order valence-corrected chi connectivity index (χ3v) is 3.51. The summed E-state index contributed by atoms with van der Waals surface area (Å²) in [4.78, 5) is 0. The van der Waals surface area contributed by atoms with Gasteiger partial charge in [0.1, 0.15) is 0 Å². The summed E-state index contributed by atoms with van der Waals surface area (Å²) in [6.45, 7) is 4.14. The first-order valence-electron chi connectivity index (χ1n) is 6.37. The second-order valence-corrected chi connectivity index (χ2v) is 5.42. The Bertz CT molecular complexity index is 576. The van der Waals surface area contributed by atoms with Crippen LogP contribution in [0.3, 0.4) is 0 Å². The molecule has 0 heterocycles. The zero-order chi connectivity index (χ0) is 13.8. The molecule has 2 rings (SSSR count). The number of nitrogens with zero attached hydrogens (tertiary/aromatic N) is 1. The van der Waals surface area contributed by atoms with Crippen LogP contribution in [0, 0.1) is 17.2 Å². The molecule has 0 saturated carbocycles. The molecule has 96 valence electrons. The number of nitriles is 1. The van der Waals surface area contributed by atoms with Gasteiger partial charge in [-0.15, -0.1) is 0 Å². The Labute approximate surface area is 119 Å². The van der Waals surface area contributed by atoms with Gasteiger partial charge in [-0.1, -0.05) is 61.8 Å². The van der Waals surface area contributed by atoms with Crippen molar-refractivity contribution in [3.8, 4) is 17.2 Å². The molecule has 1 atom stereocenters. The highest BCUT2D eigenvalue weighted by molar-refractivity contribution is 6.30. The monoisotopic (exact) mass is 269 g/mol. The van der Waals surface area contributed by atoms with Crippen molar-refractivity contribution in [1.82, 2.24) is 0 Å². The Hall–Kier alpha value is -1.78. The van der Waals surface area contributed by atoms with E-state index >= 15 is 0 Å². The van der Waals surface area contributed by atoms with E-state index < -0.39 is 0 Å². The molecule has 2 aromatic rings. The second kappa shape index (κ2) is 5.91. The van der Waals surface area contributed by atoms with E-state index in [-0.39, 0.29) is 5.92 Å². The van der Waals surface area contributed by atoms with E-state index in [0.717, 1.165) is 21.7 Å². The highest BCUT2D eigenvalue weighted by atomic mass is 35.5. The van der Waals surface area contributed by atoms with Crippen LogP contribution >= 0.6 is 11.6 Å². The minimum absolute atomic E-state index is 0.0423. The predicted molar refractivity (Wildman–Crippen MR) is 80.1 cm³/mol. The van der Waals surface area contributed by atoms with E-state index in [9.17, 15) is 5.26 Å². The van der Waals surface area contributed by atoms with Gasteiger partial charge in [0.2, 0.25) is 0 Å². The molecule has 0 bridgehead atoms. The Morgan fingerprint density at radius 2 is 1.37 bits per heavy atom. The van der Waals surface area contributed by atoms with Gasteiger partial charge >= 0.3 is 0 Å². The molecule has 0 aliphatic heterocycles. The number of halogens is 1. The molecule has 0 spiro atoms. The number of benzene rings is 2. The lowest BCUT2D eigenvalue weighted by atomic mass is 9.89. The normalized spacial score (nSPS) is 12.2. The van der Waals surface area contributed by atoms with Crippen molar-refractivity contribution < 1.29 is 0 Å². The molecule has 2 heteroatoms. The number of hydrogen-bond donors (Lipinski definition) is 0. The Kier molecular flexibility index (Phi) is 4.24. The van der Waals surface area contributed by atoms with E-state index in [2.05, 4.69) is 32.0 Å². The highest BCUT2D eigenvalue weighted by Crippen LogP contribution is 2.27. The molecule has 0 radical (unpaired) electrons. The van der Waals surface area contributed by atoms with Gasteiger partial charge in [-0.2, -0.15) is 5.26 Å². The van der Waals surface area contributed by atoms with Gasteiger partial charge in [-0.3, -0.25) is 0 Å². The van der Waals surface area contributed by atoms with Gasteiger partial charge < -0.3 is 0 Å². The summed E-state index contributed by atoms with van der Waals surface area (Å²) in [7, 11) is 0. The third-order valence-electron chi connectivity index (χ3n) is 3.25. The van der Waals surface area contributed by atoms with Crippen molar-refractivity contribution in [2.45, 2.75) is 19.8 Å². The van der Waals surface area contributed by atoms with Crippen LogP contribution in [-0.4, -0.2) is 0 Å². The largest absolute Gasteiger partial charge is 0.198 e. The van der Waals surface area contributed by atoms with Crippen LogP contribution in [0.1, 0.15) is 25.3 Å². The molecule has 1 nitrogen and oxygen atoms in total. The van der Waals surface area contributed by atoms with Gasteiger partial charge in [0.05, 0.1) is 12.0 Å². The molecule has 0 N–H and O–H groups in total. The zero-order valence-electron chi connectivity index (χ0n) is 11.1. The highest BCUT2D eigenvalue weighted by Gasteiger charge is 2.14. The summed E-state index contributed by atoms with van der Waals surface area (Å²) in [5.74, 6) is 0.283. The lowest BCUT2D eigenvalue weighted by Crippen LogP contribution is -2.03. The molecule has 0 aromatic heterocycles. The average Bonchev–Trinajstić information content (AvgIpc) is 2.41. The Morgan fingerprint density at radius 1 is 0.895 bits per heavy atom. The van der Waals surface area contributed by atoms with E-state index in [1.807, 2.05) is 36.4 Å². The quantitative estimate of drug-likeness (QED) is 0.745. The smallest absolute Gasteiger partial charge is 0.0735 e. The molecule has 0 fully saturated rings. The zero-order valence-corrected chi connectivity index (χ0v) is 11.9. The van der Waals surface area contributed by atoms with Gasteiger partial charge in [0, 0.05) is 5.02 Å². The third kappa shape index (κ3) is 3.16. The van der Waals surface area contributed by atoms with E-state index in [0.29, 0.717) is 5.92 Å². The fourth-order valence-electron chi connectivity index (χ4n) is 2.13. The van der Waals surface area contributed by atoms with Gasteiger partial charge in [0.25, 0.3) is 0 Å². The lowest BCUT2D eigenvalue weighted by molar-refractivity contribution is 0.587. The standard InChI is InChI=1S/C17H16ClN/c1-12(2)17(11-19)15-5-3-13(4-6-15)14-7-9-16(18)10-8-14/h3-10,12,17H,1-2H3. The predicted octanol–water partition coefficient (Wildman–Crippen LogP) is 5.27. The summed E-state index contributed by atoms with van der Waals surface area (Å²) in [5, 5.41) is 9.94. The van der Waals surface area contributed by atoms with Crippen LogP contribution in [0.4, 0.5) is 0 Å². The van der Waals surface area contributed by atoms with Crippen molar-refractivity contribution >= 4 is 11.6 Å². The van der Waals surface area contributed by atoms with Crippen molar-refractivity contribution in [2.24, 2.45) is 5.92 Å². The second-order valence-electron chi connectivity index (χ2n) is 4.98. The maximum absolute atomic E-state index is 9.20. The topological polar surface area (TPSA) is 23.8 Å². The fourth-order valence-corrected chi connectivity index (χ4v) is 2.26. The molecular formula is C17H16ClN. The van der Waals surface area contributed by atoms with E-state index in [1.165, 1.54) is 0 Å². The van der Waals surface area contributed by atoms with Gasteiger partial charge in [-0.05, 0) is 34.7 Å². The van der Waals surface area contributed by atoms with Crippen LogP contribution in [0.5, 0.6) is 0 Å².